The number of fused-ring (bicyclic) bond motifs is 1. The third kappa shape index (κ3) is 2.84. The number of carboxylic acid groups (broad SMARTS) is 1. The smallest absolute Gasteiger partial charge is 0.338 e. The van der Waals surface area contributed by atoms with Gasteiger partial charge in [-0.3, -0.25) is 0 Å². The van der Waals surface area contributed by atoms with Crippen LogP contribution in [0.2, 0.25) is 0 Å². The molecule has 2 aromatic carbocycles. The Kier molecular flexibility index (Phi) is 4.49. The molecule has 2 N–H and O–H groups in total. The highest BCUT2D eigenvalue weighted by atomic mass is 16.4. The Balaban J connectivity index is 2.07. The number of aromatic carboxylic acids is 1. The molecule has 0 saturated heterocycles. The minimum absolute atomic E-state index is 0.0869. The average Bonchev–Trinajstić information content (AvgIpc) is 2.89. The zero-order chi connectivity index (χ0) is 17.1. The number of nitrogens with zero attached hydrogens (tertiary/aromatic N) is 1. The molecule has 0 aliphatic rings. The highest BCUT2D eigenvalue weighted by molar-refractivity contribution is 6.05. The number of rotatable bonds is 5. The summed E-state index contributed by atoms with van der Waals surface area (Å²) in [6.45, 7) is -0.0869. The molecule has 0 bridgehead atoms. The molecule has 0 aliphatic heterocycles. The lowest BCUT2D eigenvalue weighted by Gasteiger charge is -2.07. The van der Waals surface area contributed by atoms with Gasteiger partial charge in [-0.25, -0.2) is 4.79 Å². The first-order valence-electron chi connectivity index (χ1n) is 7.78. The molecule has 3 rings (SSSR count). The van der Waals surface area contributed by atoms with Crippen molar-refractivity contribution in [2.45, 2.75) is 6.42 Å². The van der Waals surface area contributed by atoms with Gasteiger partial charge in [-0.05, 0) is 17.2 Å². The maximum atomic E-state index is 11.7. The summed E-state index contributed by atoms with van der Waals surface area (Å²) >= 11 is 0. The number of aliphatic hydroxyl groups is 1. The largest absolute Gasteiger partial charge is 0.478 e. The summed E-state index contributed by atoms with van der Waals surface area (Å²) in [7, 11) is 1.87. The number of carboxylic acids is 1. The van der Waals surface area contributed by atoms with E-state index in [-0.39, 0.29) is 6.61 Å². The van der Waals surface area contributed by atoms with E-state index >= 15 is 0 Å². The predicted molar refractivity (Wildman–Crippen MR) is 95.1 cm³/mol. The first kappa shape index (κ1) is 16.0. The lowest BCUT2D eigenvalue weighted by molar-refractivity contribution is 0.0697. The molecule has 0 saturated carbocycles. The second-order valence-electron chi connectivity index (χ2n) is 5.66. The Morgan fingerprint density at radius 3 is 2.42 bits per heavy atom. The third-order valence-corrected chi connectivity index (χ3v) is 4.30. The van der Waals surface area contributed by atoms with Crippen molar-refractivity contribution in [3.8, 4) is 0 Å². The molecule has 122 valence electrons. The average molecular weight is 321 g/mol. The van der Waals surface area contributed by atoms with Crippen LogP contribution in [0.4, 0.5) is 0 Å². The highest BCUT2D eigenvalue weighted by Gasteiger charge is 2.19. The molecular formula is C20H19NO3. The topological polar surface area (TPSA) is 62.5 Å². The standard InChI is InChI=1S/C20H19NO3/c1-21-17-10-6-5-9-16(17)19(20(23)24)18(21)12-11-15(13-22)14-7-3-2-4-8-14/h2-11,22H,12-13H2,1H3,(H,23,24). The van der Waals surface area contributed by atoms with Crippen LogP contribution in [0.5, 0.6) is 0 Å². The van der Waals surface area contributed by atoms with Gasteiger partial charge in [-0.2, -0.15) is 0 Å². The van der Waals surface area contributed by atoms with E-state index in [1.807, 2.05) is 72.3 Å². The molecule has 0 aliphatic carbocycles. The van der Waals surface area contributed by atoms with Gasteiger partial charge < -0.3 is 14.8 Å². The van der Waals surface area contributed by atoms with Gasteiger partial charge in [0.1, 0.15) is 0 Å². The van der Waals surface area contributed by atoms with Crippen molar-refractivity contribution >= 4 is 22.4 Å². The molecule has 0 spiro atoms. The summed E-state index contributed by atoms with van der Waals surface area (Å²) in [6, 6.07) is 17.1. The molecule has 3 aromatic rings. The SMILES string of the molecule is Cn1c(CC=C(CO)c2ccccc2)c(C(=O)O)c2ccccc21. The van der Waals surface area contributed by atoms with Gasteiger partial charge in [0, 0.05) is 30.1 Å². The van der Waals surface area contributed by atoms with E-state index in [2.05, 4.69) is 0 Å². The van der Waals surface area contributed by atoms with Crippen LogP contribution in [0.1, 0.15) is 21.6 Å². The number of aryl methyl sites for hydroxylation is 1. The highest BCUT2D eigenvalue weighted by Crippen LogP contribution is 2.27. The van der Waals surface area contributed by atoms with Crippen molar-refractivity contribution < 1.29 is 15.0 Å². The molecule has 0 amide bonds. The number of allylic oxidation sites excluding steroid dienone is 1. The molecule has 1 aromatic heterocycles. The van der Waals surface area contributed by atoms with Crippen molar-refractivity contribution in [3.63, 3.8) is 0 Å². The van der Waals surface area contributed by atoms with Gasteiger partial charge >= 0.3 is 5.97 Å². The third-order valence-electron chi connectivity index (χ3n) is 4.30. The Morgan fingerprint density at radius 2 is 1.75 bits per heavy atom. The number of aromatic nitrogens is 1. The lowest BCUT2D eigenvalue weighted by atomic mass is 10.0. The fourth-order valence-corrected chi connectivity index (χ4v) is 3.07. The van der Waals surface area contributed by atoms with E-state index in [1.54, 1.807) is 0 Å². The zero-order valence-corrected chi connectivity index (χ0v) is 13.4. The monoisotopic (exact) mass is 321 g/mol. The van der Waals surface area contributed by atoms with Crippen LogP contribution >= 0.6 is 0 Å². The van der Waals surface area contributed by atoms with E-state index in [0.29, 0.717) is 12.0 Å². The molecule has 0 radical (unpaired) electrons. The first-order valence-corrected chi connectivity index (χ1v) is 7.78. The summed E-state index contributed by atoms with van der Waals surface area (Å²) in [5.41, 5.74) is 3.68. The van der Waals surface area contributed by atoms with E-state index in [0.717, 1.165) is 27.7 Å². The summed E-state index contributed by atoms with van der Waals surface area (Å²) in [5, 5.41) is 20.0. The minimum Gasteiger partial charge on any atom is -0.478 e. The van der Waals surface area contributed by atoms with Gasteiger partial charge in [-0.1, -0.05) is 54.6 Å². The molecule has 24 heavy (non-hydrogen) atoms. The normalized spacial score (nSPS) is 11.8. The van der Waals surface area contributed by atoms with Crippen molar-refractivity contribution in [1.29, 1.82) is 0 Å². The van der Waals surface area contributed by atoms with E-state index in [9.17, 15) is 15.0 Å². The number of hydrogen-bond acceptors (Lipinski definition) is 2. The van der Waals surface area contributed by atoms with Crippen LogP contribution in [0.15, 0.2) is 60.7 Å². The van der Waals surface area contributed by atoms with Crippen LogP contribution in [0, 0.1) is 0 Å². The molecule has 1 heterocycles. The first-order chi connectivity index (χ1) is 11.6. The number of para-hydroxylation sites is 1. The summed E-state index contributed by atoms with van der Waals surface area (Å²) in [5.74, 6) is -0.930. The fourth-order valence-electron chi connectivity index (χ4n) is 3.07. The van der Waals surface area contributed by atoms with E-state index in [4.69, 9.17) is 0 Å². The van der Waals surface area contributed by atoms with Crippen LogP contribution < -0.4 is 0 Å². The number of benzene rings is 2. The summed E-state index contributed by atoms with van der Waals surface area (Å²) in [4.78, 5) is 11.7. The van der Waals surface area contributed by atoms with Crippen molar-refractivity contribution in [1.82, 2.24) is 4.57 Å². The van der Waals surface area contributed by atoms with Crippen molar-refractivity contribution in [3.05, 3.63) is 77.5 Å². The Bertz CT molecular complexity index is 907. The maximum absolute atomic E-state index is 11.7. The molecule has 4 heteroatoms. The molecule has 0 unspecified atom stereocenters. The Hall–Kier alpha value is -2.85. The maximum Gasteiger partial charge on any atom is 0.338 e. The van der Waals surface area contributed by atoms with Crippen molar-refractivity contribution in [2.24, 2.45) is 7.05 Å². The minimum atomic E-state index is -0.930. The van der Waals surface area contributed by atoms with Crippen LogP contribution in [-0.2, 0) is 13.5 Å². The van der Waals surface area contributed by atoms with Crippen molar-refractivity contribution in [2.75, 3.05) is 6.61 Å². The molecule has 0 atom stereocenters. The van der Waals surface area contributed by atoms with Gasteiger partial charge in [-0.15, -0.1) is 0 Å². The molecular weight excluding hydrogens is 302 g/mol. The second-order valence-corrected chi connectivity index (χ2v) is 5.66. The van der Waals surface area contributed by atoms with Gasteiger partial charge in [0.2, 0.25) is 0 Å². The Morgan fingerprint density at radius 1 is 1.08 bits per heavy atom. The fraction of sp³-hybridized carbons (Fsp3) is 0.150. The summed E-state index contributed by atoms with van der Waals surface area (Å²) in [6.07, 6.45) is 2.34. The van der Waals surface area contributed by atoms with Crippen LogP contribution in [0.3, 0.4) is 0 Å². The van der Waals surface area contributed by atoms with Gasteiger partial charge in [0.15, 0.2) is 0 Å². The van der Waals surface area contributed by atoms with Crippen LogP contribution in [0.25, 0.3) is 16.5 Å². The predicted octanol–water partition coefficient (Wildman–Crippen LogP) is 3.49. The second kappa shape index (κ2) is 6.72. The van der Waals surface area contributed by atoms with Gasteiger partial charge in [0.05, 0.1) is 12.2 Å². The van der Waals surface area contributed by atoms with Gasteiger partial charge in [0.25, 0.3) is 0 Å². The number of hydrogen-bond donors (Lipinski definition) is 2. The molecule has 0 fully saturated rings. The molecule has 4 nitrogen and oxygen atoms in total. The van der Waals surface area contributed by atoms with Crippen LogP contribution in [-0.4, -0.2) is 27.4 Å². The number of aliphatic hydroxyl groups excluding tert-OH is 1. The Labute approximate surface area is 140 Å². The number of carbonyl (C=O) groups is 1. The quantitative estimate of drug-likeness (QED) is 0.756. The van der Waals surface area contributed by atoms with E-state index < -0.39 is 5.97 Å². The lowest BCUT2D eigenvalue weighted by Crippen LogP contribution is -2.04. The summed E-state index contributed by atoms with van der Waals surface area (Å²) < 4.78 is 1.91. The van der Waals surface area contributed by atoms with E-state index in [1.165, 1.54) is 0 Å². The zero-order valence-electron chi connectivity index (χ0n) is 13.4.